The van der Waals surface area contributed by atoms with Crippen molar-refractivity contribution < 1.29 is 18.7 Å². The summed E-state index contributed by atoms with van der Waals surface area (Å²) in [6.45, 7) is 1.54. The SMILES string of the molecule is COC(=O)[C@H](C)NC(=O)/C=C/c1ccc(Br)o1. The van der Waals surface area contributed by atoms with Crippen LogP contribution in [-0.2, 0) is 14.3 Å². The molecule has 1 rings (SSSR count). The number of carbonyl (C=O) groups is 2. The second kappa shape index (κ2) is 6.24. The van der Waals surface area contributed by atoms with Crippen LogP contribution in [-0.4, -0.2) is 25.0 Å². The van der Waals surface area contributed by atoms with Gasteiger partial charge in [0.1, 0.15) is 11.8 Å². The van der Waals surface area contributed by atoms with Gasteiger partial charge in [0.2, 0.25) is 5.91 Å². The van der Waals surface area contributed by atoms with Crippen molar-refractivity contribution in [3.8, 4) is 0 Å². The smallest absolute Gasteiger partial charge is 0.328 e. The van der Waals surface area contributed by atoms with E-state index < -0.39 is 17.9 Å². The van der Waals surface area contributed by atoms with E-state index in [0.29, 0.717) is 10.4 Å². The molecule has 0 unspecified atom stereocenters. The number of halogens is 1. The minimum absolute atomic E-state index is 0.393. The molecule has 1 N–H and O–H groups in total. The van der Waals surface area contributed by atoms with Gasteiger partial charge in [0, 0.05) is 6.08 Å². The Morgan fingerprint density at radius 1 is 1.53 bits per heavy atom. The second-order valence-corrected chi connectivity index (χ2v) is 4.01. The van der Waals surface area contributed by atoms with Gasteiger partial charge in [-0.05, 0) is 41.1 Å². The van der Waals surface area contributed by atoms with Gasteiger partial charge in [-0.2, -0.15) is 0 Å². The Kier molecular flexibility index (Phi) is 4.96. The lowest BCUT2D eigenvalue weighted by atomic mass is 10.3. The molecule has 0 saturated carbocycles. The number of nitrogens with one attached hydrogen (secondary N) is 1. The Morgan fingerprint density at radius 2 is 2.24 bits per heavy atom. The molecule has 6 heteroatoms. The summed E-state index contributed by atoms with van der Waals surface area (Å²) < 4.78 is 10.2. The Balaban J connectivity index is 2.50. The molecule has 1 atom stereocenters. The van der Waals surface area contributed by atoms with E-state index in [0.717, 1.165) is 0 Å². The first kappa shape index (κ1) is 13.5. The van der Waals surface area contributed by atoms with Crippen LogP contribution < -0.4 is 5.32 Å². The molecule has 0 bridgehead atoms. The van der Waals surface area contributed by atoms with Gasteiger partial charge in [0.05, 0.1) is 7.11 Å². The number of hydrogen-bond acceptors (Lipinski definition) is 4. The molecular weight excluding hydrogens is 290 g/mol. The first-order chi connectivity index (χ1) is 8.02. The molecule has 0 spiro atoms. The predicted octanol–water partition coefficient (Wildman–Crippen LogP) is 1.73. The Bertz CT molecular complexity index is 438. The fraction of sp³-hybridized carbons (Fsp3) is 0.273. The lowest BCUT2D eigenvalue weighted by Crippen LogP contribution is -2.38. The van der Waals surface area contributed by atoms with Gasteiger partial charge in [-0.3, -0.25) is 4.79 Å². The summed E-state index contributed by atoms with van der Waals surface area (Å²) in [6.07, 6.45) is 2.79. The number of rotatable bonds is 4. The van der Waals surface area contributed by atoms with Crippen molar-refractivity contribution in [1.82, 2.24) is 5.32 Å². The fourth-order valence-corrected chi connectivity index (χ4v) is 1.39. The van der Waals surface area contributed by atoms with Gasteiger partial charge in [-0.1, -0.05) is 0 Å². The average Bonchev–Trinajstić information content (AvgIpc) is 2.71. The number of amides is 1. The molecule has 92 valence electrons. The molecule has 0 fully saturated rings. The monoisotopic (exact) mass is 301 g/mol. The van der Waals surface area contributed by atoms with Crippen LogP contribution in [0.2, 0.25) is 0 Å². The van der Waals surface area contributed by atoms with E-state index in [4.69, 9.17) is 4.42 Å². The molecule has 1 aromatic heterocycles. The van der Waals surface area contributed by atoms with Gasteiger partial charge in [-0.25, -0.2) is 4.79 Å². The van der Waals surface area contributed by atoms with Gasteiger partial charge >= 0.3 is 5.97 Å². The summed E-state index contributed by atoms with van der Waals surface area (Å²) in [5, 5.41) is 2.45. The number of carbonyl (C=O) groups excluding carboxylic acids is 2. The molecule has 1 heterocycles. The van der Waals surface area contributed by atoms with Gasteiger partial charge in [-0.15, -0.1) is 0 Å². The Morgan fingerprint density at radius 3 is 2.76 bits per heavy atom. The molecule has 1 aromatic rings. The Labute approximate surface area is 107 Å². The van der Waals surface area contributed by atoms with Crippen LogP contribution in [0.1, 0.15) is 12.7 Å². The molecule has 0 aliphatic carbocycles. The van der Waals surface area contributed by atoms with E-state index in [9.17, 15) is 9.59 Å². The summed E-state index contributed by atoms with van der Waals surface area (Å²) in [7, 11) is 1.27. The third kappa shape index (κ3) is 4.44. The lowest BCUT2D eigenvalue weighted by molar-refractivity contribution is -0.144. The average molecular weight is 302 g/mol. The van der Waals surface area contributed by atoms with Crippen molar-refractivity contribution in [2.24, 2.45) is 0 Å². The predicted molar refractivity (Wildman–Crippen MR) is 65.1 cm³/mol. The highest BCUT2D eigenvalue weighted by atomic mass is 79.9. The Hall–Kier alpha value is -1.56. The molecule has 0 aliphatic heterocycles. The molecular formula is C11H12BrNO4. The van der Waals surface area contributed by atoms with Gasteiger partial charge < -0.3 is 14.5 Å². The van der Waals surface area contributed by atoms with Crippen molar-refractivity contribution in [1.29, 1.82) is 0 Å². The molecule has 0 aliphatic rings. The normalized spacial score (nSPS) is 12.4. The van der Waals surface area contributed by atoms with Crippen LogP contribution in [0.15, 0.2) is 27.3 Å². The van der Waals surface area contributed by atoms with Crippen molar-refractivity contribution in [2.45, 2.75) is 13.0 Å². The summed E-state index contributed by atoms with van der Waals surface area (Å²) >= 11 is 3.15. The van der Waals surface area contributed by atoms with Crippen molar-refractivity contribution in [3.05, 3.63) is 28.6 Å². The zero-order valence-electron chi connectivity index (χ0n) is 9.40. The standard InChI is InChI=1S/C11H12BrNO4/c1-7(11(15)16-2)13-10(14)6-4-8-3-5-9(12)17-8/h3-7H,1-2H3,(H,13,14)/b6-4+/t7-/m0/s1. The quantitative estimate of drug-likeness (QED) is 0.679. The van der Waals surface area contributed by atoms with Crippen LogP contribution in [0.5, 0.6) is 0 Å². The minimum Gasteiger partial charge on any atom is -0.467 e. The highest BCUT2D eigenvalue weighted by Crippen LogP contribution is 2.14. The number of furan rings is 1. The summed E-state index contributed by atoms with van der Waals surface area (Å²) in [5.41, 5.74) is 0. The van der Waals surface area contributed by atoms with Crippen LogP contribution >= 0.6 is 15.9 Å². The van der Waals surface area contributed by atoms with Crippen LogP contribution in [0.3, 0.4) is 0 Å². The molecule has 5 nitrogen and oxygen atoms in total. The van der Waals surface area contributed by atoms with Gasteiger partial charge in [0.25, 0.3) is 0 Å². The summed E-state index contributed by atoms with van der Waals surface area (Å²) in [6, 6.07) is 2.74. The topological polar surface area (TPSA) is 68.5 Å². The minimum atomic E-state index is -0.680. The third-order valence-electron chi connectivity index (χ3n) is 1.91. The van der Waals surface area contributed by atoms with Crippen molar-refractivity contribution in [3.63, 3.8) is 0 Å². The molecule has 1 amide bonds. The number of hydrogen-bond donors (Lipinski definition) is 1. The van der Waals surface area contributed by atoms with E-state index in [1.54, 1.807) is 19.1 Å². The van der Waals surface area contributed by atoms with E-state index in [2.05, 4.69) is 26.0 Å². The zero-order valence-corrected chi connectivity index (χ0v) is 11.0. The van der Waals surface area contributed by atoms with Crippen molar-refractivity contribution in [2.75, 3.05) is 7.11 Å². The van der Waals surface area contributed by atoms with Gasteiger partial charge in [0.15, 0.2) is 4.67 Å². The molecule has 0 saturated heterocycles. The molecule has 17 heavy (non-hydrogen) atoms. The number of ether oxygens (including phenoxy) is 1. The lowest BCUT2D eigenvalue weighted by Gasteiger charge is -2.08. The molecule has 0 aromatic carbocycles. The largest absolute Gasteiger partial charge is 0.467 e. The maximum Gasteiger partial charge on any atom is 0.328 e. The second-order valence-electron chi connectivity index (χ2n) is 3.23. The first-order valence-electron chi connectivity index (χ1n) is 4.84. The maximum atomic E-state index is 11.4. The summed E-state index contributed by atoms with van der Waals surface area (Å²) in [5.74, 6) is -0.347. The fourth-order valence-electron chi connectivity index (χ4n) is 1.07. The van der Waals surface area contributed by atoms with E-state index in [1.165, 1.54) is 19.3 Å². The van der Waals surface area contributed by atoms with Crippen LogP contribution in [0, 0.1) is 0 Å². The number of methoxy groups -OCH3 is 1. The summed E-state index contributed by atoms with van der Waals surface area (Å²) in [4.78, 5) is 22.4. The third-order valence-corrected chi connectivity index (χ3v) is 2.33. The number of esters is 1. The van der Waals surface area contributed by atoms with E-state index in [1.807, 2.05) is 0 Å². The van der Waals surface area contributed by atoms with E-state index in [-0.39, 0.29) is 0 Å². The maximum absolute atomic E-state index is 11.4. The van der Waals surface area contributed by atoms with E-state index >= 15 is 0 Å². The highest BCUT2D eigenvalue weighted by molar-refractivity contribution is 9.10. The van der Waals surface area contributed by atoms with Crippen LogP contribution in [0.4, 0.5) is 0 Å². The zero-order chi connectivity index (χ0) is 12.8. The molecule has 0 radical (unpaired) electrons. The van der Waals surface area contributed by atoms with Crippen molar-refractivity contribution >= 4 is 33.9 Å². The highest BCUT2D eigenvalue weighted by Gasteiger charge is 2.13. The van der Waals surface area contributed by atoms with Crippen LogP contribution in [0.25, 0.3) is 6.08 Å². The first-order valence-corrected chi connectivity index (χ1v) is 5.64.